The Morgan fingerprint density at radius 1 is 1.00 bits per heavy atom. The summed E-state index contributed by atoms with van der Waals surface area (Å²) in [5, 5.41) is 0.0917. The molecule has 3 rings (SSSR count). The molecule has 1 heterocycles. The minimum Gasteiger partial charge on any atom is -0.497 e. The maximum Gasteiger partial charge on any atom is 0.297 e. The number of thioether (sulfide) groups is 2. The maximum atomic E-state index is 13.3. The van der Waals surface area contributed by atoms with E-state index in [2.05, 4.69) is 40.4 Å². The lowest BCUT2D eigenvalue weighted by Gasteiger charge is -2.40. The van der Waals surface area contributed by atoms with Gasteiger partial charge in [-0.25, -0.2) is 0 Å². The first-order valence-electron chi connectivity index (χ1n) is 15.5. The van der Waals surface area contributed by atoms with Crippen LogP contribution in [0.2, 0.25) is 18.1 Å². The Kier molecular flexibility index (Phi) is 14.4. The Morgan fingerprint density at radius 2 is 1.61 bits per heavy atom. The minimum atomic E-state index is -3.96. The fraction of sp³-hybridized carbons (Fsp3) is 0.588. The Labute approximate surface area is 276 Å². The standard InChI is InChI=1S/C34H52O6S3Si/c1-26-10-16-32(17-11-26)43(35,36)39-30(18-19-38-25-28-12-14-29(37-6)15-13-28)22-27(2)23-31(24-33-41-20-9-21-42-33)40-44(7,8)34(3,4)5/h10-17,30-31,33H,2,9,18-25H2,1,3-8H3/t30-,31+/m1/s1. The van der Waals surface area contributed by atoms with Crippen LogP contribution in [0, 0.1) is 6.92 Å². The Morgan fingerprint density at radius 3 is 2.20 bits per heavy atom. The molecule has 0 aliphatic carbocycles. The summed E-state index contributed by atoms with van der Waals surface area (Å²) in [6.07, 6.45) is 3.16. The number of hydrogen-bond donors (Lipinski definition) is 0. The SMILES string of the molecule is C=C(C[C@@H](CC1SCCCS1)O[Si](C)(C)C(C)(C)C)C[C@@H](CCOCc1ccc(OC)cc1)OS(=O)(=O)c1ccc(C)cc1. The van der Waals surface area contributed by atoms with Crippen LogP contribution >= 0.6 is 23.5 Å². The van der Waals surface area contributed by atoms with Crippen LogP contribution in [-0.4, -0.2) is 58.7 Å². The summed E-state index contributed by atoms with van der Waals surface area (Å²) >= 11 is 4.05. The van der Waals surface area contributed by atoms with Gasteiger partial charge >= 0.3 is 0 Å². The quantitative estimate of drug-likeness (QED) is 0.0710. The highest BCUT2D eigenvalue weighted by Crippen LogP contribution is 2.41. The molecule has 6 nitrogen and oxygen atoms in total. The summed E-state index contributed by atoms with van der Waals surface area (Å²) < 4.78 is 51.1. The molecule has 44 heavy (non-hydrogen) atoms. The fourth-order valence-corrected chi connectivity index (χ4v) is 10.1. The third kappa shape index (κ3) is 12.2. The summed E-state index contributed by atoms with van der Waals surface area (Å²) in [7, 11) is -4.35. The van der Waals surface area contributed by atoms with Gasteiger partial charge in [0.1, 0.15) is 5.75 Å². The first-order valence-corrected chi connectivity index (χ1v) is 21.9. The highest BCUT2D eigenvalue weighted by atomic mass is 32.2. The van der Waals surface area contributed by atoms with Crippen molar-refractivity contribution < 1.29 is 26.5 Å². The van der Waals surface area contributed by atoms with Crippen LogP contribution in [0.15, 0.2) is 65.6 Å². The third-order valence-corrected chi connectivity index (χ3v) is 17.1. The molecule has 2 atom stereocenters. The highest BCUT2D eigenvalue weighted by Gasteiger charge is 2.40. The van der Waals surface area contributed by atoms with Gasteiger partial charge in [0, 0.05) is 6.61 Å². The number of rotatable bonds is 17. The van der Waals surface area contributed by atoms with Crippen LogP contribution in [-0.2, 0) is 30.1 Å². The van der Waals surface area contributed by atoms with E-state index in [1.807, 2.05) is 54.7 Å². The van der Waals surface area contributed by atoms with Gasteiger partial charge in [-0.15, -0.1) is 23.5 Å². The van der Waals surface area contributed by atoms with E-state index in [1.54, 1.807) is 31.4 Å². The molecule has 1 fully saturated rings. The number of ether oxygens (including phenoxy) is 2. The Hall–Kier alpha value is -1.27. The highest BCUT2D eigenvalue weighted by molar-refractivity contribution is 8.17. The third-order valence-electron chi connectivity index (χ3n) is 8.24. The van der Waals surface area contributed by atoms with E-state index in [4.69, 9.17) is 18.1 Å². The predicted octanol–water partition coefficient (Wildman–Crippen LogP) is 9.00. The van der Waals surface area contributed by atoms with Gasteiger partial charge in [-0.1, -0.05) is 62.8 Å². The lowest BCUT2D eigenvalue weighted by atomic mass is 10.0. The fourth-order valence-electron chi connectivity index (χ4n) is 4.63. The topological polar surface area (TPSA) is 71.1 Å². The molecule has 0 saturated carbocycles. The molecule has 2 aromatic rings. The molecule has 2 aromatic carbocycles. The van der Waals surface area contributed by atoms with E-state index >= 15 is 0 Å². The molecule has 10 heteroatoms. The maximum absolute atomic E-state index is 13.3. The second kappa shape index (κ2) is 17.0. The summed E-state index contributed by atoms with van der Waals surface area (Å²) in [6.45, 7) is 18.5. The van der Waals surface area contributed by atoms with Crippen LogP contribution < -0.4 is 4.74 Å². The van der Waals surface area contributed by atoms with Crippen LogP contribution in [0.25, 0.3) is 0 Å². The lowest BCUT2D eigenvalue weighted by Crippen LogP contribution is -2.44. The summed E-state index contributed by atoms with van der Waals surface area (Å²) in [5.74, 6) is 3.17. The van der Waals surface area contributed by atoms with Gasteiger partial charge in [-0.3, -0.25) is 4.18 Å². The lowest BCUT2D eigenvalue weighted by molar-refractivity contribution is 0.0837. The second-order valence-electron chi connectivity index (χ2n) is 13.1. The molecule has 0 spiro atoms. The second-order valence-corrected chi connectivity index (χ2v) is 22.3. The Balaban J connectivity index is 1.71. The van der Waals surface area contributed by atoms with Crippen LogP contribution in [0.4, 0.5) is 0 Å². The summed E-state index contributed by atoms with van der Waals surface area (Å²) in [4.78, 5) is 0.156. The molecule has 0 aromatic heterocycles. The zero-order valence-corrected chi connectivity index (χ0v) is 31.0. The van der Waals surface area contributed by atoms with Crippen molar-refractivity contribution in [3.8, 4) is 5.75 Å². The van der Waals surface area contributed by atoms with Crippen molar-refractivity contribution in [1.82, 2.24) is 0 Å². The average Bonchev–Trinajstić information content (AvgIpc) is 2.95. The largest absolute Gasteiger partial charge is 0.497 e. The van der Waals surface area contributed by atoms with Crippen LogP contribution in [0.5, 0.6) is 5.75 Å². The molecule has 1 saturated heterocycles. The van der Waals surface area contributed by atoms with Gasteiger partial charge < -0.3 is 13.9 Å². The average molecular weight is 681 g/mol. The number of methoxy groups -OCH3 is 1. The van der Waals surface area contributed by atoms with Crippen molar-refractivity contribution in [2.45, 2.75) is 106 Å². The number of benzene rings is 2. The van der Waals surface area contributed by atoms with Crippen molar-refractivity contribution in [1.29, 1.82) is 0 Å². The Bertz CT molecular complexity index is 1270. The van der Waals surface area contributed by atoms with Crippen LogP contribution in [0.3, 0.4) is 0 Å². The van der Waals surface area contributed by atoms with Crippen molar-refractivity contribution in [3.05, 3.63) is 71.8 Å². The van der Waals surface area contributed by atoms with E-state index in [-0.39, 0.29) is 16.0 Å². The molecule has 0 bridgehead atoms. The predicted molar refractivity (Wildman–Crippen MR) is 189 cm³/mol. The van der Waals surface area contributed by atoms with Gasteiger partial charge in [-0.05, 0) is 98.5 Å². The number of hydrogen-bond acceptors (Lipinski definition) is 8. The monoisotopic (exact) mass is 680 g/mol. The van der Waals surface area contributed by atoms with Crippen molar-refractivity contribution in [3.63, 3.8) is 0 Å². The normalized spacial score (nSPS) is 16.4. The van der Waals surface area contributed by atoms with E-state index in [1.165, 1.54) is 17.9 Å². The van der Waals surface area contributed by atoms with E-state index in [0.717, 1.165) is 28.9 Å². The first-order chi connectivity index (χ1) is 20.7. The van der Waals surface area contributed by atoms with Crippen molar-refractivity contribution in [2.75, 3.05) is 25.2 Å². The first kappa shape index (κ1) is 37.2. The van der Waals surface area contributed by atoms with Gasteiger partial charge in [0.2, 0.25) is 0 Å². The van der Waals surface area contributed by atoms with E-state index in [9.17, 15) is 8.42 Å². The molecule has 1 aliphatic rings. The van der Waals surface area contributed by atoms with Crippen molar-refractivity contribution in [2.24, 2.45) is 0 Å². The number of aryl methyl sites for hydroxylation is 1. The molecule has 1 aliphatic heterocycles. The van der Waals surface area contributed by atoms with E-state index in [0.29, 0.717) is 37.1 Å². The molecule has 0 amide bonds. The zero-order chi connectivity index (χ0) is 32.4. The molecular formula is C34H52O6S3Si. The molecule has 0 radical (unpaired) electrons. The summed E-state index contributed by atoms with van der Waals surface area (Å²) in [6, 6.07) is 14.5. The smallest absolute Gasteiger partial charge is 0.297 e. The minimum absolute atomic E-state index is 0.0344. The summed E-state index contributed by atoms with van der Waals surface area (Å²) in [5.41, 5.74) is 2.95. The molecule has 0 N–H and O–H groups in total. The van der Waals surface area contributed by atoms with Crippen LogP contribution in [0.1, 0.15) is 64.0 Å². The molecular weight excluding hydrogens is 629 g/mol. The van der Waals surface area contributed by atoms with Gasteiger partial charge in [0.15, 0.2) is 8.32 Å². The molecule has 246 valence electrons. The van der Waals surface area contributed by atoms with Gasteiger partial charge in [-0.2, -0.15) is 8.42 Å². The van der Waals surface area contributed by atoms with E-state index < -0.39 is 24.5 Å². The zero-order valence-electron chi connectivity index (χ0n) is 27.6. The van der Waals surface area contributed by atoms with Gasteiger partial charge in [0.25, 0.3) is 10.1 Å². The molecule has 0 unspecified atom stereocenters. The van der Waals surface area contributed by atoms with Crippen molar-refractivity contribution >= 4 is 42.0 Å². The van der Waals surface area contributed by atoms with Gasteiger partial charge in [0.05, 0.1) is 35.4 Å².